The molecular weight excluding hydrogens is 238 g/mol. The molecule has 0 spiro atoms. The first-order valence-electron chi connectivity index (χ1n) is 5.22. The van der Waals surface area contributed by atoms with Gasteiger partial charge in [0.1, 0.15) is 5.69 Å². The molecule has 17 heavy (non-hydrogen) atoms. The van der Waals surface area contributed by atoms with Gasteiger partial charge in [0.15, 0.2) is 0 Å². The Balaban J connectivity index is 2.43. The van der Waals surface area contributed by atoms with Crippen LogP contribution in [0.3, 0.4) is 0 Å². The van der Waals surface area contributed by atoms with E-state index in [9.17, 15) is 0 Å². The van der Waals surface area contributed by atoms with E-state index in [0.717, 1.165) is 16.8 Å². The third-order valence-corrected chi connectivity index (χ3v) is 2.64. The Kier molecular flexibility index (Phi) is 3.36. The van der Waals surface area contributed by atoms with E-state index in [4.69, 9.17) is 21.9 Å². The lowest BCUT2D eigenvalue weighted by Gasteiger charge is -2.08. The average Bonchev–Trinajstić information content (AvgIpc) is 2.61. The molecule has 90 valence electrons. The van der Waals surface area contributed by atoms with Crippen LogP contribution in [0.5, 0.6) is 0 Å². The molecule has 4 nitrogen and oxygen atoms in total. The third-order valence-electron chi connectivity index (χ3n) is 2.39. The van der Waals surface area contributed by atoms with Crippen molar-refractivity contribution in [3.05, 3.63) is 35.0 Å². The number of nitrogens with two attached hydrogens (primary N) is 1. The fourth-order valence-corrected chi connectivity index (χ4v) is 1.80. The number of nitrogens with zero attached hydrogens (tertiary/aromatic N) is 2. The molecule has 0 saturated heterocycles. The highest BCUT2D eigenvalue weighted by atomic mass is 35.5. The van der Waals surface area contributed by atoms with Crippen LogP contribution in [0.1, 0.15) is 5.69 Å². The number of hydrogen-bond acceptors (Lipinski definition) is 4. The van der Waals surface area contributed by atoms with Crippen molar-refractivity contribution in [1.82, 2.24) is 10.1 Å². The summed E-state index contributed by atoms with van der Waals surface area (Å²) in [5.41, 5.74) is 8.44. The first-order valence-corrected chi connectivity index (χ1v) is 5.60. The van der Waals surface area contributed by atoms with Crippen molar-refractivity contribution in [1.29, 1.82) is 0 Å². The van der Waals surface area contributed by atoms with Crippen LogP contribution in [0, 0.1) is 0 Å². The van der Waals surface area contributed by atoms with Gasteiger partial charge in [0.2, 0.25) is 5.88 Å². The van der Waals surface area contributed by atoms with E-state index in [2.05, 4.69) is 5.16 Å². The van der Waals surface area contributed by atoms with Crippen LogP contribution >= 0.6 is 11.6 Å². The summed E-state index contributed by atoms with van der Waals surface area (Å²) in [5, 5.41) is 4.67. The van der Waals surface area contributed by atoms with E-state index in [1.165, 1.54) is 0 Å². The average molecular weight is 252 g/mol. The third kappa shape index (κ3) is 2.60. The molecule has 1 heterocycles. The molecule has 0 aliphatic rings. The van der Waals surface area contributed by atoms with Gasteiger partial charge in [-0.3, -0.25) is 0 Å². The van der Waals surface area contributed by atoms with E-state index in [0.29, 0.717) is 17.5 Å². The molecule has 0 saturated carbocycles. The minimum atomic E-state index is 0.337. The van der Waals surface area contributed by atoms with E-state index in [-0.39, 0.29) is 0 Å². The molecule has 1 aromatic carbocycles. The van der Waals surface area contributed by atoms with Crippen LogP contribution in [0.15, 0.2) is 28.8 Å². The van der Waals surface area contributed by atoms with Crippen molar-refractivity contribution in [2.75, 3.05) is 19.8 Å². The van der Waals surface area contributed by atoms with Gasteiger partial charge in [-0.1, -0.05) is 28.9 Å². The SMILES string of the molecule is CN(C)Cc1noc(N)c1-c1ccc(Cl)cc1. The first-order chi connectivity index (χ1) is 8.08. The Labute approximate surface area is 105 Å². The number of nitrogen functional groups attached to an aromatic ring is 1. The number of halogens is 1. The summed E-state index contributed by atoms with van der Waals surface area (Å²) in [6.07, 6.45) is 0. The van der Waals surface area contributed by atoms with Gasteiger partial charge in [-0.2, -0.15) is 0 Å². The minimum absolute atomic E-state index is 0.337. The second kappa shape index (κ2) is 4.77. The van der Waals surface area contributed by atoms with Gasteiger partial charge in [-0.05, 0) is 31.8 Å². The maximum absolute atomic E-state index is 5.86. The van der Waals surface area contributed by atoms with Crippen LogP contribution in [0.4, 0.5) is 5.88 Å². The van der Waals surface area contributed by atoms with Crippen molar-refractivity contribution >= 4 is 17.5 Å². The predicted molar refractivity (Wildman–Crippen MR) is 68.8 cm³/mol. The smallest absolute Gasteiger partial charge is 0.230 e. The first kappa shape index (κ1) is 12.0. The molecule has 0 fully saturated rings. The lowest BCUT2D eigenvalue weighted by Crippen LogP contribution is -2.11. The van der Waals surface area contributed by atoms with Crippen LogP contribution in [0.2, 0.25) is 5.02 Å². The lowest BCUT2D eigenvalue weighted by molar-refractivity contribution is 0.368. The van der Waals surface area contributed by atoms with Gasteiger partial charge in [-0.15, -0.1) is 0 Å². The van der Waals surface area contributed by atoms with Gasteiger partial charge < -0.3 is 15.2 Å². The van der Waals surface area contributed by atoms with Gasteiger partial charge >= 0.3 is 0 Å². The highest BCUT2D eigenvalue weighted by molar-refractivity contribution is 6.30. The summed E-state index contributed by atoms with van der Waals surface area (Å²) < 4.78 is 5.05. The van der Waals surface area contributed by atoms with E-state index >= 15 is 0 Å². The molecule has 0 unspecified atom stereocenters. The summed E-state index contributed by atoms with van der Waals surface area (Å²) in [7, 11) is 3.94. The summed E-state index contributed by atoms with van der Waals surface area (Å²) in [6.45, 7) is 0.679. The van der Waals surface area contributed by atoms with Crippen LogP contribution in [0.25, 0.3) is 11.1 Å². The lowest BCUT2D eigenvalue weighted by atomic mass is 10.1. The topological polar surface area (TPSA) is 55.3 Å². The fraction of sp³-hybridized carbons (Fsp3) is 0.250. The van der Waals surface area contributed by atoms with E-state index < -0.39 is 0 Å². The monoisotopic (exact) mass is 251 g/mol. The highest BCUT2D eigenvalue weighted by Gasteiger charge is 2.15. The minimum Gasteiger partial charge on any atom is -0.367 e. The molecule has 1 aromatic heterocycles. The van der Waals surface area contributed by atoms with Gasteiger partial charge in [0.25, 0.3) is 0 Å². The fourth-order valence-electron chi connectivity index (χ4n) is 1.67. The molecular formula is C12H14ClN3O. The molecule has 2 aromatic rings. The standard InChI is InChI=1S/C12H14ClN3O/c1-16(2)7-10-11(12(14)17-15-10)8-3-5-9(13)6-4-8/h3-6H,7,14H2,1-2H3. The van der Waals surface area contributed by atoms with Crippen LogP contribution in [-0.4, -0.2) is 24.2 Å². The Morgan fingerprint density at radius 3 is 2.53 bits per heavy atom. The number of rotatable bonds is 3. The Morgan fingerprint density at radius 1 is 1.29 bits per heavy atom. The maximum atomic E-state index is 5.86. The van der Waals surface area contributed by atoms with Crippen LogP contribution < -0.4 is 5.73 Å². The summed E-state index contributed by atoms with van der Waals surface area (Å²) in [5.74, 6) is 0.337. The largest absolute Gasteiger partial charge is 0.367 e. The quantitative estimate of drug-likeness (QED) is 0.911. The molecule has 0 amide bonds. The van der Waals surface area contributed by atoms with Gasteiger partial charge in [-0.25, -0.2) is 0 Å². The van der Waals surface area contributed by atoms with Gasteiger partial charge in [0.05, 0.1) is 5.56 Å². The summed E-state index contributed by atoms with van der Waals surface area (Å²) in [4.78, 5) is 2.01. The zero-order valence-corrected chi connectivity index (χ0v) is 10.5. The second-order valence-electron chi connectivity index (χ2n) is 4.11. The second-order valence-corrected chi connectivity index (χ2v) is 4.55. The summed E-state index contributed by atoms with van der Waals surface area (Å²) in [6, 6.07) is 7.46. The normalized spacial score (nSPS) is 11.1. The van der Waals surface area contributed by atoms with Crippen LogP contribution in [-0.2, 0) is 6.54 Å². The Hall–Kier alpha value is -1.52. The summed E-state index contributed by atoms with van der Waals surface area (Å²) >= 11 is 5.86. The number of benzene rings is 1. The van der Waals surface area contributed by atoms with E-state index in [1.807, 2.05) is 43.3 Å². The highest BCUT2D eigenvalue weighted by Crippen LogP contribution is 2.30. The van der Waals surface area contributed by atoms with Crippen molar-refractivity contribution in [3.8, 4) is 11.1 Å². The molecule has 0 aliphatic heterocycles. The molecule has 0 atom stereocenters. The number of anilines is 1. The molecule has 0 aliphatic carbocycles. The molecule has 0 bridgehead atoms. The maximum Gasteiger partial charge on any atom is 0.230 e. The molecule has 5 heteroatoms. The van der Waals surface area contributed by atoms with Crippen molar-refractivity contribution in [2.45, 2.75) is 6.54 Å². The Morgan fingerprint density at radius 2 is 1.94 bits per heavy atom. The number of aromatic nitrogens is 1. The van der Waals surface area contributed by atoms with Gasteiger partial charge in [0, 0.05) is 11.6 Å². The zero-order chi connectivity index (χ0) is 12.4. The molecule has 2 N–H and O–H groups in total. The molecule has 0 radical (unpaired) electrons. The predicted octanol–water partition coefficient (Wildman–Crippen LogP) is 2.64. The van der Waals surface area contributed by atoms with Crippen molar-refractivity contribution in [3.63, 3.8) is 0 Å². The van der Waals surface area contributed by atoms with E-state index in [1.54, 1.807) is 0 Å². The Bertz CT molecular complexity index is 505. The zero-order valence-electron chi connectivity index (χ0n) is 9.77. The molecule has 2 rings (SSSR count). The van der Waals surface area contributed by atoms with Crippen molar-refractivity contribution in [2.24, 2.45) is 0 Å². The van der Waals surface area contributed by atoms with Crippen molar-refractivity contribution < 1.29 is 4.52 Å². The number of hydrogen-bond donors (Lipinski definition) is 1.